The van der Waals surface area contributed by atoms with E-state index in [1.807, 2.05) is 0 Å². The first-order valence-corrected chi connectivity index (χ1v) is 9.50. The number of halogens is 5. The number of hydrogen-bond donors (Lipinski definition) is 0. The van der Waals surface area contributed by atoms with Gasteiger partial charge in [0, 0.05) is 12.1 Å². The van der Waals surface area contributed by atoms with E-state index in [1.165, 1.54) is 23.9 Å². The van der Waals surface area contributed by atoms with Crippen LogP contribution in [0.3, 0.4) is 0 Å². The SMILES string of the molecule is CCOC(=O)c1nn(CC)c(-c2ccc(C[C@@H](C)C(F)(F)F)cc2OC(F)F)c1OC. The zero-order chi connectivity index (χ0) is 23.3. The Hall–Kier alpha value is -2.85. The predicted molar refractivity (Wildman–Crippen MR) is 101 cm³/mol. The van der Waals surface area contributed by atoms with E-state index in [4.69, 9.17) is 9.47 Å². The molecule has 1 aromatic heterocycles. The summed E-state index contributed by atoms with van der Waals surface area (Å²) < 4.78 is 81.1. The molecule has 1 atom stereocenters. The van der Waals surface area contributed by atoms with Gasteiger partial charge in [-0.2, -0.15) is 27.1 Å². The Morgan fingerprint density at radius 2 is 1.90 bits per heavy atom. The number of esters is 1. The van der Waals surface area contributed by atoms with Gasteiger partial charge in [-0.1, -0.05) is 13.0 Å². The van der Waals surface area contributed by atoms with Crippen molar-refractivity contribution < 1.29 is 41.0 Å². The highest BCUT2D eigenvalue weighted by atomic mass is 19.4. The molecule has 0 amide bonds. The average molecular weight is 450 g/mol. The number of methoxy groups -OCH3 is 1. The lowest BCUT2D eigenvalue weighted by molar-refractivity contribution is -0.169. The van der Waals surface area contributed by atoms with Gasteiger partial charge in [-0.3, -0.25) is 4.68 Å². The van der Waals surface area contributed by atoms with E-state index in [-0.39, 0.29) is 47.2 Å². The number of carbonyl (C=O) groups excluding carboxylic acids is 1. The van der Waals surface area contributed by atoms with E-state index in [9.17, 15) is 26.7 Å². The fourth-order valence-electron chi connectivity index (χ4n) is 3.01. The van der Waals surface area contributed by atoms with Crippen molar-refractivity contribution in [3.05, 3.63) is 29.5 Å². The van der Waals surface area contributed by atoms with Crippen LogP contribution in [0.2, 0.25) is 0 Å². The number of nitrogens with zero attached hydrogens (tertiary/aromatic N) is 2. The summed E-state index contributed by atoms with van der Waals surface area (Å²) >= 11 is 0. The van der Waals surface area contributed by atoms with Crippen LogP contribution in [-0.4, -0.2) is 42.3 Å². The Labute approximate surface area is 175 Å². The van der Waals surface area contributed by atoms with Gasteiger partial charge in [0.2, 0.25) is 5.69 Å². The molecule has 0 aliphatic carbocycles. The summed E-state index contributed by atoms with van der Waals surface area (Å²) in [6, 6.07) is 3.85. The van der Waals surface area contributed by atoms with Crippen LogP contribution in [0, 0.1) is 5.92 Å². The zero-order valence-electron chi connectivity index (χ0n) is 17.4. The highest BCUT2D eigenvalue weighted by Crippen LogP contribution is 2.40. The molecule has 31 heavy (non-hydrogen) atoms. The lowest BCUT2D eigenvalue weighted by Crippen LogP contribution is -2.21. The summed E-state index contributed by atoms with van der Waals surface area (Å²) in [5.74, 6) is -2.82. The van der Waals surface area contributed by atoms with Crippen molar-refractivity contribution in [1.29, 1.82) is 0 Å². The molecule has 1 aromatic carbocycles. The van der Waals surface area contributed by atoms with Crippen LogP contribution < -0.4 is 9.47 Å². The summed E-state index contributed by atoms with van der Waals surface area (Å²) in [5, 5.41) is 4.14. The van der Waals surface area contributed by atoms with Gasteiger partial charge in [-0.15, -0.1) is 0 Å². The zero-order valence-corrected chi connectivity index (χ0v) is 17.4. The van der Waals surface area contributed by atoms with Crippen LogP contribution in [0.1, 0.15) is 36.8 Å². The van der Waals surface area contributed by atoms with Gasteiger partial charge >= 0.3 is 18.8 Å². The highest BCUT2D eigenvalue weighted by molar-refractivity contribution is 5.94. The monoisotopic (exact) mass is 450 g/mol. The van der Waals surface area contributed by atoms with E-state index in [0.717, 1.165) is 13.0 Å². The molecule has 0 N–H and O–H groups in total. The van der Waals surface area contributed by atoms with Crippen LogP contribution in [0.4, 0.5) is 22.0 Å². The molecule has 0 radical (unpaired) electrons. The summed E-state index contributed by atoms with van der Waals surface area (Å²) in [6.45, 7) is 1.42. The van der Waals surface area contributed by atoms with Gasteiger partial charge in [0.05, 0.1) is 19.6 Å². The van der Waals surface area contributed by atoms with Crippen LogP contribution in [-0.2, 0) is 17.7 Å². The minimum Gasteiger partial charge on any atom is -0.492 e. The third-order valence-electron chi connectivity index (χ3n) is 4.50. The number of aromatic nitrogens is 2. The third kappa shape index (κ3) is 5.65. The number of ether oxygens (including phenoxy) is 3. The van der Waals surface area contributed by atoms with Gasteiger partial charge in [-0.05, 0) is 38.0 Å². The standard InChI is InChI=1S/C20H23F5N2O4/c1-5-27-16(17(29-4)15(26-27)18(28)30-6-2)13-8-7-12(9-11(3)20(23,24)25)10-14(13)31-19(21)22/h7-8,10-11,19H,5-6,9H2,1-4H3/t11-/m1/s1. The van der Waals surface area contributed by atoms with E-state index >= 15 is 0 Å². The second-order valence-corrected chi connectivity index (χ2v) is 6.62. The summed E-state index contributed by atoms with van der Waals surface area (Å²) in [7, 11) is 1.27. The molecule has 1 heterocycles. The lowest BCUT2D eigenvalue weighted by Gasteiger charge is -2.18. The van der Waals surface area contributed by atoms with Gasteiger partial charge in [-0.25, -0.2) is 4.79 Å². The molecular weight excluding hydrogens is 427 g/mol. The second-order valence-electron chi connectivity index (χ2n) is 6.62. The van der Waals surface area contributed by atoms with Crippen molar-refractivity contribution >= 4 is 5.97 Å². The van der Waals surface area contributed by atoms with E-state index in [2.05, 4.69) is 9.84 Å². The Morgan fingerprint density at radius 3 is 2.42 bits per heavy atom. The van der Waals surface area contributed by atoms with Crippen molar-refractivity contribution in [3.8, 4) is 22.8 Å². The molecule has 0 saturated heterocycles. The molecule has 0 aliphatic rings. The molecule has 0 aliphatic heterocycles. The van der Waals surface area contributed by atoms with Crippen molar-refractivity contribution in [2.75, 3.05) is 13.7 Å². The number of carbonyl (C=O) groups is 1. The average Bonchev–Trinajstić information content (AvgIpc) is 3.05. The molecule has 0 saturated carbocycles. The molecule has 11 heteroatoms. The van der Waals surface area contributed by atoms with Crippen molar-refractivity contribution in [2.45, 2.75) is 46.5 Å². The smallest absolute Gasteiger partial charge is 0.391 e. The van der Waals surface area contributed by atoms with Crippen molar-refractivity contribution in [3.63, 3.8) is 0 Å². The minimum atomic E-state index is -4.43. The molecule has 2 aromatic rings. The quantitative estimate of drug-likeness (QED) is 0.393. The van der Waals surface area contributed by atoms with Gasteiger partial charge in [0.15, 0.2) is 5.75 Å². The van der Waals surface area contributed by atoms with Crippen molar-refractivity contribution in [1.82, 2.24) is 9.78 Å². The van der Waals surface area contributed by atoms with Gasteiger partial charge < -0.3 is 14.2 Å². The van der Waals surface area contributed by atoms with Crippen molar-refractivity contribution in [2.24, 2.45) is 5.92 Å². The number of aryl methyl sites for hydroxylation is 1. The van der Waals surface area contributed by atoms with Gasteiger partial charge in [0.1, 0.15) is 11.4 Å². The predicted octanol–water partition coefficient (Wildman–Crippen LogP) is 5.10. The minimum absolute atomic E-state index is 0.0178. The largest absolute Gasteiger partial charge is 0.492 e. The topological polar surface area (TPSA) is 62.6 Å². The first-order valence-electron chi connectivity index (χ1n) is 9.50. The maximum Gasteiger partial charge on any atom is 0.391 e. The van der Waals surface area contributed by atoms with Gasteiger partial charge in [0.25, 0.3) is 0 Å². The van der Waals surface area contributed by atoms with Crippen LogP contribution >= 0.6 is 0 Å². The maximum absolute atomic E-state index is 13.1. The lowest BCUT2D eigenvalue weighted by atomic mass is 9.98. The fraction of sp³-hybridized carbons (Fsp3) is 0.500. The molecule has 0 fully saturated rings. The van der Waals surface area contributed by atoms with Crippen LogP contribution in [0.5, 0.6) is 11.5 Å². The summed E-state index contributed by atoms with van der Waals surface area (Å²) in [4.78, 5) is 12.2. The molecule has 0 spiro atoms. The van der Waals surface area contributed by atoms with E-state index in [0.29, 0.717) is 0 Å². The first-order chi connectivity index (χ1) is 14.5. The number of benzene rings is 1. The number of alkyl halides is 5. The summed E-state index contributed by atoms with van der Waals surface area (Å²) in [5.41, 5.74) is 0.264. The van der Waals surface area contributed by atoms with E-state index in [1.54, 1.807) is 13.8 Å². The first kappa shape index (κ1) is 24.4. The van der Waals surface area contributed by atoms with Crippen LogP contribution in [0.25, 0.3) is 11.3 Å². The molecule has 0 unspecified atom stereocenters. The number of rotatable bonds is 9. The Morgan fingerprint density at radius 1 is 1.23 bits per heavy atom. The molecule has 0 bridgehead atoms. The molecule has 2 rings (SSSR count). The fourth-order valence-corrected chi connectivity index (χ4v) is 3.01. The summed E-state index contributed by atoms with van der Waals surface area (Å²) in [6.07, 6.45) is -4.84. The number of hydrogen-bond acceptors (Lipinski definition) is 5. The second kappa shape index (κ2) is 9.97. The Bertz CT molecular complexity index is 912. The maximum atomic E-state index is 13.1. The normalized spacial score (nSPS) is 12.7. The Balaban J connectivity index is 2.62. The molecular formula is C20H23F5N2O4. The highest BCUT2D eigenvalue weighted by Gasteiger charge is 2.36. The third-order valence-corrected chi connectivity index (χ3v) is 4.50. The molecule has 6 nitrogen and oxygen atoms in total. The van der Waals surface area contributed by atoms with E-state index < -0.39 is 31.1 Å². The molecule has 172 valence electrons. The van der Waals surface area contributed by atoms with Crippen LogP contribution in [0.15, 0.2) is 18.2 Å². The Kier molecular flexibility index (Phi) is 7.85.